The van der Waals surface area contributed by atoms with Gasteiger partial charge in [0, 0.05) is 23.5 Å². The summed E-state index contributed by atoms with van der Waals surface area (Å²) in [6.45, 7) is 4.21. The molecule has 0 spiro atoms. The van der Waals surface area contributed by atoms with Gasteiger partial charge in [-0.05, 0) is 61.2 Å². The summed E-state index contributed by atoms with van der Waals surface area (Å²) in [7, 11) is 0. The van der Waals surface area contributed by atoms with E-state index in [1.807, 2.05) is 18.3 Å². The van der Waals surface area contributed by atoms with Gasteiger partial charge in [-0.25, -0.2) is 0 Å². The molecule has 0 radical (unpaired) electrons. The van der Waals surface area contributed by atoms with Gasteiger partial charge in [-0.1, -0.05) is 37.3 Å². The molecule has 0 amide bonds. The van der Waals surface area contributed by atoms with Crippen LogP contribution in [0.1, 0.15) is 42.6 Å². The summed E-state index contributed by atoms with van der Waals surface area (Å²) in [4.78, 5) is 7.30. The summed E-state index contributed by atoms with van der Waals surface area (Å²) in [5, 5.41) is 2.41. The zero-order valence-electron chi connectivity index (χ0n) is 15.7. The summed E-state index contributed by atoms with van der Waals surface area (Å²) in [5.74, 6) is 0. The molecule has 0 aliphatic heterocycles. The van der Waals surface area contributed by atoms with Crippen LogP contribution >= 0.6 is 0 Å². The van der Waals surface area contributed by atoms with Crippen LogP contribution in [0.3, 0.4) is 0 Å². The Morgan fingerprint density at radius 1 is 1.04 bits per heavy atom. The maximum Gasteiger partial charge on any atom is 0.135 e. The third-order valence-corrected chi connectivity index (χ3v) is 5.84. The summed E-state index contributed by atoms with van der Waals surface area (Å²) in [6, 6.07) is 19.6. The molecule has 5 rings (SSSR count). The molecule has 1 atom stereocenters. The van der Waals surface area contributed by atoms with Crippen molar-refractivity contribution in [1.82, 2.24) is 9.88 Å². The quantitative estimate of drug-likeness (QED) is 0.457. The number of aromatic nitrogens is 1. The van der Waals surface area contributed by atoms with Crippen LogP contribution in [0.5, 0.6) is 0 Å². The fraction of sp³-hybridized carbons (Fsp3) is 0.292. The Labute approximate surface area is 159 Å². The van der Waals surface area contributed by atoms with Crippen LogP contribution in [0, 0.1) is 0 Å². The number of fused-ring (bicyclic) bond motifs is 4. The van der Waals surface area contributed by atoms with E-state index in [0.717, 1.165) is 30.7 Å². The standard InChI is InChI=1S/C24H24N2O/c1-2-26(21-10-5-7-18-8-6-14-25-24(18)21)16-17-12-13-23-20(15-17)19-9-3-4-11-22(19)27-23/h3-4,6,8-9,11-15,21H,2,5,7,10,16H2,1H3. The molecule has 4 aromatic rings. The third-order valence-electron chi connectivity index (χ3n) is 5.84. The maximum absolute atomic E-state index is 5.98. The Balaban J connectivity index is 1.49. The molecule has 2 heterocycles. The number of hydrogen-bond donors (Lipinski definition) is 0. The second kappa shape index (κ2) is 6.82. The number of benzene rings is 2. The lowest BCUT2D eigenvalue weighted by molar-refractivity contribution is 0.175. The van der Waals surface area contributed by atoms with Crippen LogP contribution < -0.4 is 0 Å². The Kier molecular flexibility index (Phi) is 4.17. The second-order valence-electron chi connectivity index (χ2n) is 7.45. The second-order valence-corrected chi connectivity index (χ2v) is 7.45. The van der Waals surface area contributed by atoms with Crippen molar-refractivity contribution in [1.29, 1.82) is 0 Å². The fourth-order valence-corrected chi connectivity index (χ4v) is 4.49. The van der Waals surface area contributed by atoms with E-state index in [2.05, 4.69) is 54.3 Å². The molecule has 0 fully saturated rings. The minimum atomic E-state index is 0.414. The van der Waals surface area contributed by atoms with E-state index in [1.54, 1.807) is 0 Å². The predicted molar refractivity (Wildman–Crippen MR) is 110 cm³/mol. The van der Waals surface area contributed by atoms with Crippen LogP contribution in [-0.4, -0.2) is 16.4 Å². The molecule has 2 aromatic heterocycles. The van der Waals surface area contributed by atoms with E-state index < -0.39 is 0 Å². The van der Waals surface area contributed by atoms with Gasteiger partial charge in [-0.2, -0.15) is 0 Å². The van der Waals surface area contributed by atoms with Crippen molar-refractivity contribution >= 4 is 21.9 Å². The van der Waals surface area contributed by atoms with Gasteiger partial charge in [-0.3, -0.25) is 9.88 Å². The number of pyridine rings is 1. The number of hydrogen-bond acceptors (Lipinski definition) is 3. The van der Waals surface area contributed by atoms with E-state index in [4.69, 9.17) is 9.40 Å². The summed E-state index contributed by atoms with van der Waals surface area (Å²) < 4.78 is 5.98. The average molecular weight is 356 g/mol. The van der Waals surface area contributed by atoms with E-state index in [9.17, 15) is 0 Å². The Morgan fingerprint density at radius 3 is 2.85 bits per heavy atom. The van der Waals surface area contributed by atoms with Crippen LogP contribution in [-0.2, 0) is 13.0 Å². The maximum atomic E-state index is 5.98. The van der Waals surface area contributed by atoms with Gasteiger partial charge in [0.1, 0.15) is 11.2 Å². The molecular weight excluding hydrogens is 332 g/mol. The summed E-state index contributed by atoms with van der Waals surface area (Å²) >= 11 is 0. The third kappa shape index (κ3) is 2.92. The molecule has 0 saturated carbocycles. The first-order valence-corrected chi connectivity index (χ1v) is 9.91. The topological polar surface area (TPSA) is 29.3 Å². The highest BCUT2D eigenvalue weighted by Gasteiger charge is 2.26. The molecule has 2 aromatic carbocycles. The Bertz CT molecular complexity index is 1100. The highest BCUT2D eigenvalue weighted by Crippen LogP contribution is 2.34. The van der Waals surface area contributed by atoms with Crippen LogP contribution in [0.4, 0.5) is 0 Å². The number of rotatable bonds is 4. The average Bonchev–Trinajstić information content (AvgIpc) is 3.10. The minimum Gasteiger partial charge on any atom is -0.456 e. The summed E-state index contributed by atoms with van der Waals surface area (Å²) in [5.41, 5.74) is 5.96. The molecule has 0 bridgehead atoms. The molecular formula is C24H24N2O. The van der Waals surface area contributed by atoms with Crippen LogP contribution in [0.15, 0.2) is 65.2 Å². The monoisotopic (exact) mass is 356 g/mol. The van der Waals surface area contributed by atoms with E-state index in [0.29, 0.717) is 6.04 Å². The highest BCUT2D eigenvalue weighted by atomic mass is 16.3. The van der Waals surface area contributed by atoms with Crippen molar-refractivity contribution in [2.75, 3.05) is 6.54 Å². The largest absolute Gasteiger partial charge is 0.456 e. The SMILES string of the molecule is CCN(Cc1ccc2oc3ccccc3c2c1)C1CCCc2cccnc21. The lowest BCUT2D eigenvalue weighted by Crippen LogP contribution is -2.31. The molecule has 27 heavy (non-hydrogen) atoms. The van der Waals surface area contributed by atoms with Crippen LogP contribution in [0.2, 0.25) is 0 Å². The Hall–Kier alpha value is -2.65. The first-order valence-electron chi connectivity index (χ1n) is 9.91. The van der Waals surface area contributed by atoms with Crippen LogP contribution in [0.25, 0.3) is 21.9 Å². The summed E-state index contributed by atoms with van der Waals surface area (Å²) in [6.07, 6.45) is 5.53. The fourth-order valence-electron chi connectivity index (χ4n) is 4.49. The molecule has 3 heteroatoms. The Morgan fingerprint density at radius 2 is 1.93 bits per heavy atom. The van der Waals surface area contributed by atoms with Crippen molar-refractivity contribution in [3.63, 3.8) is 0 Å². The number of nitrogens with zero attached hydrogens (tertiary/aromatic N) is 2. The van der Waals surface area contributed by atoms with E-state index in [-0.39, 0.29) is 0 Å². The number of para-hydroxylation sites is 1. The molecule has 3 nitrogen and oxygen atoms in total. The van der Waals surface area contributed by atoms with E-state index >= 15 is 0 Å². The molecule has 1 unspecified atom stereocenters. The lowest BCUT2D eigenvalue weighted by atomic mass is 9.90. The van der Waals surface area contributed by atoms with Crippen molar-refractivity contribution in [2.24, 2.45) is 0 Å². The first-order chi connectivity index (χ1) is 13.3. The van der Waals surface area contributed by atoms with Crippen molar-refractivity contribution in [3.8, 4) is 0 Å². The highest BCUT2D eigenvalue weighted by molar-refractivity contribution is 6.04. The molecule has 136 valence electrons. The molecule has 1 aliphatic carbocycles. The minimum absolute atomic E-state index is 0.414. The normalized spacial score (nSPS) is 16.9. The van der Waals surface area contributed by atoms with Gasteiger partial charge in [0.2, 0.25) is 0 Å². The zero-order chi connectivity index (χ0) is 18.2. The lowest BCUT2D eigenvalue weighted by Gasteiger charge is -2.34. The van der Waals surface area contributed by atoms with Gasteiger partial charge in [0.25, 0.3) is 0 Å². The van der Waals surface area contributed by atoms with Crippen molar-refractivity contribution < 1.29 is 4.42 Å². The zero-order valence-corrected chi connectivity index (χ0v) is 15.7. The van der Waals surface area contributed by atoms with Crippen molar-refractivity contribution in [2.45, 2.75) is 38.8 Å². The van der Waals surface area contributed by atoms with Gasteiger partial charge in [-0.15, -0.1) is 0 Å². The predicted octanol–water partition coefficient (Wildman–Crippen LogP) is 5.88. The van der Waals surface area contributed by atoms with Gasteiger partial charge in [0.15, 0.2) is 0 Å². The van der Waals surface area contributed by atoms with Gasteiger partial charge < -0.3 is 4.42 Å². The number of aryl methyl sites for hydroxylation is 1. The molecule has 0 N–H and O–H groups in total. The van der Waals surface area contributed by atoms with E-state index in [1.165, 1.54) is 40.4 Å². The van der Waals surface area contributed by atoms with Gasteiger partial charge >= 0.3 is 0 Å². The molecule has 1 aliphatic rings. The number of furan rings is 1. The molecule has 0 saturated heterocycles. The van der Waals surface area contributed by atoms with Crippen molar-refractivity contribution in [3.05, 3.63) is 77.6 Å². The first kappa shape index (κ1) is 16.5. The van der Waals surface area contributed by atoms with Gasteiger partial charge in [0.05, 0.1) is 11.7 Å². The smallest absolute Gasteiger partial charge is 0.135 e.